The Labute approximate surface area is 106 Å². The molecule has 1 rings (SSSR count). The lowest BCUT2D eigenvalue weighted by atomic mass is 10.3. The molecule has 1 aromatic carbocycles. The van der Waals surface area contributed by atoms with Crippen LogP contribution in [0.1, 0.15) is 0 Å². The molecule has 8 heteroatoms. The molecule has 98 valence electrons. The number of hydrogen-bond donors (Lipinski definition) is 4. The number of carbonyl (C=O) groups is 2. The molecule has 0 fully saturated rings. The maximum atomic E-state index is 13.0. The maximum absolute atomic E-state index is 13.0. The maximum Gasteiger partial charge on any atom is 0.334 e. The number of carboxylic acid groups (broad SMARTS) is 1. The molecule has 2 amide bonds. The van der Waals surface area contributed by atoms with E-state index in [1.165, 1.54) is 12.1 Å². The Morgan fingerprint density at radius 1 is 1.44 bits per heavy atom. The van der Waals surface area contributed by atoms with Crippen molar-refractivity contribution < 1.29 is 24.2 Å². The Morgan fingerprint density at radius 3 is 2.67 bits per heavy atom. The third-order valence-electron chi connectivity index (χ3n) is 1.92. The van der Waals surface area contributed by atoms with Crippen molar-refractivity contribution in [3.05, 3.63) is 29.0 Å². The van der Waals surface area contributed by atoms with Crippen LogP contribution in [0.4, 0.5) is 14.9 Å². The van der Waals surface area contributed by atoms with Crippen molar-refractivity contribution in [2.24, 2.45) is 0 Å². The van der Waals surface area contributed by atoms with E-state index < -0.39 is 30.5 Å². The lowest BCUT2D eigenvalue weighted by Crippen LogP contribution is -2.38. The van der Waals surface area contributed by atoms with Crippen molar-refractivity contribution in [2.45, 2.75) is 6.10 Å². The Bertz CT molecular complexity index is 469. The molecule has 0 saturated carbocycles. The van der Waals surface area contributed by atoms with E-state index in [2.05, 4.69) is 10.6 Å². The minimum atomic E-state index is -1.70. The fourth-order valence-corrected chi connectivity index (χ4v) is 1.14. The molecule has 0 radical (unpaired) electrons. The van der Waals surface area contributed by atoms with Crippen LogP contribution in [0.3, 0.4) is 0 Å². The highest BCUT2D eigenvalue weighted by Crippen LogP contribution is 2.18. The van der Waals surface area contributed by atoms with Crippen molar-refractivity contribution in [3.63, 3.8) is 0 Å². The Hall–Kier alpha value is -1.86. The smallest absolute Gasteiger partial charge is 0.334 e. The molecule has 0 heterocycles. The second kappa shape index (κ2) is 6.18. The molecule has 0 aliphatic heterocycles. The summed E-state index contributed by atoms with van der Waals surface area (Å²) in [5, 5.41) is 21.5. The van der Waals surface area contributed by atoms with Crippen molar-refractivity contribution >= 4 is 29.3 Å². The minimum Gasteiger partial charge on any atom is -0.479 e. The van der Waals surface area contributed by atoms with Crippen molar-refractivity contribution in [1.82, 2.24) is 5.32 Å². The van der Waals surface area contributed by atoms with Crippen LogP contribution >= 0.6 is 11.6 Å². The number of aliphatic carboxylic acids is 1. The second-order valence-electron chi connectivity index (χ2n) is 3.32. The third kappa shape index (κ3) is 4.19. The van der Waals surface area contributed by atoms with E-state index in [1.54, 1.807) is 0 Å². The first-order valence-corrected chi connectivity index (χ1v) is 5.18. The van der Waals surface area contributed by atoms with Gasteiger partial charge in [-0.3, -0.25) is 0 Å². The van der Waals surface area contributed by atoms with Gasteiger partial charge in [0.15, 0.2) is 6.10 Å². The Balaban J connectivity index is 2.49. The lowest BCUT2D eigenvalue weighted by molar-refractivity contribution is -0.146. The number of nitrogens with one attached hydrogen (secondary N) is 2. The van der Waals surface area contributed by atoms with Gasteiger partial charge in [-0.2, -0.15) is 0 Å². The second-order valence-corrected chi connectivity index (χ2v) is 3.73. The Kier molecular flexibility index (Phi) is 4.87. The molecule has 0 unspecified atom stereocenters. The summed E-state index contributed by atoms with van der Waals surface area (Å²) in [6, 6.07) is 2.88. The molecule has 0 aliphatic carbocycles. The number of hydrogen-bond acceptors (Lipinski definition) is 3. The van der Waals surface area contributed by atoms with Gasteiger partial charge in [0.05, 0.1) is 11.6 Å². The summed E-state index contributed by atoms with van der Waals surface area (Å²) in [7, 11) is 0. The van der Waals surface area contributed by atoms with E-state index in [0.29, 0.717) is 0 Å². The van der Waals surface area contributed by atoms with Gasteiger partial charge in [0.1, 0.15) is 5.82 Å². The summed E-state index contributed by atoms with van der Waals surface area (Å²) in [5.41, 5.74) is 0.152. The number of carboxylic acids is 1. The zero-order valence-corrected chi connectivity index (χ0v) is 9.74. The lowest BCUT2D eigenvalue weighted by Gasteiger charge is -2.09. The van der Waals surface area contributed by atoms with Crippen LogP contribution in [-0.2, 0) is 4.79 Å². The van der Waals surface area contributed by atoms with Crippen LogP contribution in [0.2, 0.25) is 5.02 Å². The van der Waals surface area contributed by atoms with Crippen molar-refractivity contribution in [2.75, 3.05) is 11.9 Å². The van der Waals surface area contributed by atoms with Crippen LogP contribution in [0.5, 0.6) is 0 Å². The highest BCUT2D eigenvalue weighted by molar-refractivity contribution is 6.30. The third-order valence-corrected chi connectivity index (χ3v) is 2.23. The van der Waals surface area contributed by atoms with Crippen molar-refractivity contribution in [3.8, 4) is 0 Å². The molecule has 0 spiro atoms. The summed E-state index contributed by atoms with van der Waals surface area (Å²) in [6.45, 7) is -0.461. The number of benzene rings is 1. The largest absolute Gasteiger partial charge is 0.479 e. The number of aliphatic hydroxyl groups is 1. The number of rotatable bonds is 4. The highest BCUT2D eigenvalue weighted by Gasteiger charge is 2.14. The number of aliphatic hydroxyl groups excluding tert-OH is 1. The van der Waals surface area contributed by atoms with Crippen LogP contribution in [-0.4, -0.2) is 34.9 Å². The SMILES string of the molecule is O=C(NC[C@H](O)C(=O)O)Nc1ccc(Cl)c(F)c1. The zero-order chi connectivity index (χ0) is 13.7. The van der Waals surface area contributed by atoms with Crippen molar-refractivity contribution in [1.29, 1.82) is 0 Å². The first-order chi connectivity index (χ1) is 8.40. The summed E-state index contributed by atoms with van der Waals surface area (Å²) in [5.74, 6) is -2.15. The molecule has 4 N–H and O–H groups in total. The first-order valence-electron chi connectivity index (χ1n) is 4.81. The molecule has 18 heavy (non-hydrogen) atoms. The quantitative estimate of drug-likeness (QED) is 0.660. The molecule has 1 atom stereocenters. The average molecular weight is 277 g/mol. The average Bonchev–Trinajstić information content (AvgIpc) is 2.30. The monoisotopic (exact) mass is 276 g/mol. The predicted octanol–water partition coefficient (Wildman–Crippen LogP) is 1.05. The summed E-state index contributed by atoms with van der Waals surface area (Å²) in [4.78, 5) is 21.5. The molecule has 0 aliphatic rings. The van der Waals surface area contributed by atoms with Gasteiger partial charge in [-0.25, -0.2) is 14.0 Å². The highest BCUT2D eigenvalue weighted by atomic mass is 35.5. The van der Waals surface area contributed by atoms with E-state index in [-0.39, 0.29) is 10.7 Å². The van der Waals surface area contributed by atoms with Gasteiger partial charge >= 0.3 is 12.0 Å². The Morgan fingerprint density at radius 2 is 2.11 bits per heavy atom. The molecule has 0 aromatic heterocycles. The fourth-order valence-electron chi connectivity index (χ4n) is 1.03. The van der Waals surface area contributed by atoms with Crippen LogP contribution in [0.25, 0.3) is 0 Å². The zero-order valence-electron chi connectivity index (χ0n) is 8.98. The fraction of sp³-hybridized carbons (Fsp3) is 0.200. The number of amides is 2. The molecule has 6 nitrogen and oxygen atoms in total. The minimum absolute atomic E-state index is 0.0812. The van der Waals surface area contributed by atoms with Crippen LogP contribution < -0.4 is 10.6 Å². The summed E-state index contributed by atoms with van der Waals surface area (Å²) >= 11 is 5.45. The van der Waals surface area contributed by atoms with Crippen LogP contribution in [0, 0.1) is 5.82 Å². The standard InChI is InChI=1S/C10H10ClFN2O4/c11-6-2-1-5(3-7(6)12)14-10(18)13-4-8(15)9(16)17/h1-3,8,15H,4H2,(H,16,17)(H2,13,14,18)/t8-/m0/s1. The summed E-state index contributed by atoms with van der Waals surface area (Å²) < 4.78 is 13.0. The van der Waals surface area contributed by atoms with E-state index in [4.69, 9.17) is 21.8 Å². The predicted molar refractivity (Wildman–Crippen MR) is 62.1 cm³/mol. The van der Waals surface area contributed by atoms with Gasteiger partial charge < -0.3 is 20.8 Å². The normalized spacial score (nSPS) is 11.7. The van der Waals surface area contributed by atoms with E-state index in [9.17, 15) is 14.0 Å². The molecule has 0 saturated heterocycles. The van der Waals surface area contributed by atoms with E-state index in [1.807, 2.05) is 0 Å². The van der Waals surface area contributed by atoms with Crippen LogP contribution in [0.15, 0.2) is 18.2 Å². The van der Waals surface area contributed by atoms with Gasteiger partial charge in [-0.15, -0.1) is 0 Å². The van der Waals surface area contributed by atoms with E-state index in [0.717, 1.165) is 6.07 Å². The number of anilines is 1. The van der Waals surface area contributed by atoms with Gasteiger partial charge in [0, 0.05) is 5.69 Å². The molecular weight excluding hydrogens is 267 g/mol. The number of halogens is 2. The summed E-state index contributed by atoms with van der Waals surface area (Å²) in [6.07, 6.45) is -1.70. The van der Waals surface area contributed by atoms with Gasteiger partial charge in [0.2, 0.25) is 0 Å². The van der Waals surface area contributed by atoms with E-state index >= 15 is 0 Å². The number of carbonyl (C=O) groups excluding carboxylic acids is 1. The van der Waals surface area contributed by atoms with Gasteiger partial charge in [0.25, 0.3) is 0 Å². The van der Waals surface area contributed by atoms with Gasteiger partial charge in [-0.05, 0) is 18.2 Å². The van der Waals surface area contributed by atoms with Gasteiger partial charge in [-0.1, -0.05) is 11.6 Å². The molecule has 1 aromatic rings. The molecular formula is C10H10ClFN2O4. The topological polar surface area (TPSA) is 98.7 Å². The molecule has 0 bridgehead atoms. The first kappa shape index (κ1) is 14.2. The number of urea groups is 1.